The number of carbonyl (C=O) groups is 2. The van der Waals surface area contributed by atoms with E-state index >= 15 is 0 Å². The first kappa shape index (κ1) is 20.0. The van der Waals surface area contributed by atoms with Crippen LogP contribution >= 0.6 is 0 Å². The minimum absolute atomic E-state index is 0.00971. The average molecular weight is 416 g/mol. The van der Waals surface area contributed by atoms with E-state index in [-0.39, 0.29) is 23.8 Å². The summed E-state index contributed by atoms with van der Waals surface area (Å²) in [4.78, 5) is 36.9. The van der Waals surface area contributed by atoms with E-state index in [1.807, 2.05) is 0 Å². The van der Waals surface area contributed by atoms with Gasteiger partial charge in [-0.15, -0.1) is 0 Å². The van der Waals surface area contributed by atoms with Crippen LogP contribution in [0.3, 0.4) is 0 Å². The van der Waals surface area contributed by atoms with Crippen LogP contribution in [-0.4, -0.2) is 31.8 Å². The Bertz CT molecular complexity index is 1300. The first-order valence-electron chi connectivity index (χ1n) is 9.67. The summed E-state index contributed by atoms with van der Waals surface area (Å²) in [6.07, 6.45) is 3.32. The van der Waals surface area contributed by atoms with Crippen LogP contribution in [0.4, 0.5) is 11.4 Å². The second-order valence-electron chi connectivity index (χ2n) is 7.00. The van der Waals surface area contributed by atoms with Crippen molar-refractivity contribution in [3.05, 3.63) is 83.0 Å². The van der Waals surface area contributed by atoms with Crippen LogP contribution in [0.25, 0.3) is 10.8 Å². The molecule has 1 atom stereocenters. The Morgan fingerprint density at radius 1 is 1.03 bits per heavy atom. The third-order valence-electron chi connectivity index (χ3n) is 4.82. The molecule has 156 valence electrons. The molecule has 0 bridgehead atoms. The fourth-order valence-electron chi connectivity index (χ4n) is 3.21. The zero-order valence-electron chi connectivity index (χ0n) is 16.7. The van der Waals surface area contributed by atoms with Gasteiger partial charge in [0.2, 0.25) is 11.8 Å². The number of benzene rings is 2. The molecule has 0 aliphatic carbocycles. The number of fused-ring (bicyclic) bond motifs is 1. The van der Waals surface area contributed by atoms with E-state index in [0.717, 1.165) is 0 Å². The first-order valence-corrected chi connectivity index (χ1v) is 9.67. The monoisotopic (exact) mass is 416 g/mol. The van der Waals surface area contributed by atoms with Gasteiger partial charge < -0.3 is 10.6 Å². The molecule has 0 fully saturated rings. The van der Waals surface area contributed by atoms with Gasteiger partial charge in [0.05, 0.1) is 17.5 Å². The fraction of sp³-hybridized carbons (Fsp3) is 0.136. The van der Waals surface area contributed by atoms with Crippen LogP contribution in [0, 0.1) is 0 Å². The Morgan fingerprint density at radius 3 is 2.52 bits per heavy atom. The number of nitrogens with zero attached hydrogens (tertiary/aromatic N) is 3. The van der Waals surface area contributed by atoms with Crippen molar-refractivity contribution in [2.75, 3.05) is 10.6 Å². The molecule has 0 aliphatic rings. The van der Waals surface area contributed by atoms with Gasteiger partial charge in [-0.1, -0.05) is 24.3 Å². The van der Waals surface area contributed by atoms with Gasteiger partial charge in [-0.05, 0) is 37.3 Å². The minimum Gasteiger partial charge on any atom is -0.326 e. The molecule has 4 rings (SSSR count). The molecule has 3 N–H and O–H groups in total. The molecule has 9 nitrogen and oxygen atoms in total. The number of anilines is 2. The summed E-state index contributed by atoms with van der Waals surface area (Å²) < 4.78 is 1.56. The lowest BCUT2D eigenvalue weighted by atomic mass is 10.1. The van der Waals surface area contributed by atoms with Crippen LogP contribution in [0.2, 0.25) is 0 Å². The van der Waals surface area contributed by atoms with Crippen molar-refractivity contribution < 1.29 is 9.59 Å². The van der Waals surface area contributed by atoms with E-state index in [0.29, 0.717) is 27.8 Å². The number of aromatic amines is 1. The summed E-state index contributed by atoms with van der Waals surface area (Å²) >= 11 is 0. The van der Waals surface area contributed by atoms with Gasteiger partial charge in [-0.2, -0.15) is 10.2 Å². The summed E-state index contributed by atoms with van der Waals surface area (Å²) in [6, 6.07) is 15.1. The molecule has 0 spiro atoms. The molecule has 2 aromatic heterocycles. The smallest absolute Gasteiger partial charge is 0.272 e. The summed E-state index contributed by atoms with van der Waals surface area (Å²) in [7, 11) is 0. The SMILES string of the molecule is CC(C(=O)Nc1cccc(NC(=O)Cc2n[nH]c(=O)c3ccccc23)c1)n1cccn1. The highest BCUT2D eigenvalue weighted by molar-refractivity contribution is 5.97. The Morgan fingerprint density at radius 2 is 1.77 bits per heavy atom. The number of H-pyrrole nitrogens is 1. The van der Waals surface area contributed by atoms with Gasteiger partial charge in [-0.3, -0.25) is 19.1 Å². The lowest BCUT2D eigenvalue weighted by molar-refractivity contribution is -0.119. The lowest BCUT2D eigenvalue weighted by Gasteiger charge is -2.13. The second kappa shape index (κ2) is 8.62. The molecule has 0 aliphatic heterocycles. The molecule has 1 unspecified atom stereocenters. The number of carbonyl (C=O) groups excluding carboxylic acids is 2. The summed E-state index contributed by atoms with van der Waals surface area (Å²) in [5.74, 6) is -0.519. The lowest BCUT2D eigenvalue weighted by Crippen LogP contribution is -2.24. The summed E-state index contributed by atoms with van der Waals surface area (Å²) in [6.45, 7) is 1.75. The van der Waals surface area contributed by atoms with Crippen LogP contribution < -0.4 is 16.2 Å². The van der Waals surface area contributed by atoms with Gasteiger partial charge in [0.15, 0.2) is 0 Å². The molecule has 0 saturated carbocycles. The maximum atomic E-state index is 12.6. The van der Waals surface area contributed by atoms with E-state index in [1.165, 1.54) is 0 Å². The predicted molar refractivity (Wildman–Crippen MR) is 117 cm³/mol. The van der Waals surface area contributed by atoms with Crippen molar-refractivity contribution in [1.82, 2.24) is 20.0 Å². The third-order valence-corrected chi connectivity index (χ3v) is 4.82. The highest BCUT2D eigenvalue weighted by Gasteiger charge is 2.16. The molecule has 9 heteroatoms. The van der Waals surface area contributed by atoms with E-state index in [1.54, 1.807) is 78.6 Å². The van der Waals surface area contributed by atoms with Crippen LogP contribution in [0.1, 0.15) is 18.7 Å². The zero-order chi connectivity index (χ0) is 21.8. The van der Waals surface area contributed by atoms with Gasteiger partial charge in [0.25, 0.3) is 5.56 Å². The van der Waals surface area contributed by atoms with Gasteiger partial charge in [-0.25, -0.2) is 5.10 Å². The Kier molecular flexibility index (Phi) is 5.57. The van der Waals surface area contributed by atoms with E-state index in [4.69, 9.17) is 0 Å². The molecule has 4 aromatic rings. The molecular formula is C22H20N6O3. The van der Waals surface area contributed by atoms with Crippen molar-refractivity contribution in [1.29, 1.82) is 0 Å². The number of amides is 2. The minimum atomic E-state index is -0.479. The maximum Gasteiger partial charge on any atom is 0.272 e. The molecule has 31 heavy (non-hydrogen) atoms. The van der Waals surface area contributed by atoms with Crippen LogP contribution in [0.15, 0.2) is 71.8 Å². The van der Waals surface area contributed by atoms with Crippen molar-refractivity contribution in [3.8, 4) is 0 Å². The highest BCUT2D eigenvalue weighted by Crippen LogP contribution is 2.18. The maximum absolute atomic E-state index is 12.6. The molecule has 2 heterocycles. The zero-order valence-corrected chi connectivity index (χ0v) is 16.7. The predicted octanol–water partition coefficient (Wildman–Crippen LogP) is 2.50. The largest absolute Gasteiger partial charge is 0.326 e. The van der Waals surface area contributed by atoms with Crippen molar-refractivity contribution >= 4 is 34.0 Å². The highest BCUT2D eigenvalue weighted by atomic mass is 16.2. The Hall–Kier alpha value is -4.27. The van der Waals surface area contributed by atoms with Crippen molar-refractivity contribution in [2.45, 2.75) is 19.4 Å². The standard InChI is InChI=1S/C22H20N6O3/c1-14(28-11-5-10-23-28)21(30)25-16-7-4-6-15(12-16)24-20(29)13-19-17-8-2-3-9-18(17)22(31)27-26-19/h2-12,14H,13H2,1H3,(H,24,29)(H,25,30)(H,27,31). The van der Waals surface area contributed by atoms with E-state index < -0.39 is 6.04 Å². The Balaban J connectivity index is 1.44. The molecule has 2 amide bonds. The number of hydrogen-bond acceptors (Lipinski definition) is 5. The van der Waals surface area contributed by atoms with Crippen LogP contribution in [0.5, 0.6) is 0 Å². The second-order valence-corrected chi connectivity index (χ2v) is 7.00. The van der Waals surface area contributed by atoms with Gasteiger partial charge in [0, 0.05) is 29.2 Å². The number of hydrogen-bond donors (Lipinski definition) is 3. The van der Waals surface area contributed by atoms with Crippen molar-refractivity contribution in [2.24, 2.45) is 0 Å². The number of nitrogens with one attached hydrogen (secondary N) is 3. The fourth-order valence-corrected chi connectivity index (χ4v) is 3.21. The van der Waals surface area contributed by atoms with Crippen molar-refractivity contribution in [3.63, 3.8) is 0 Å². The van der Waals surface area contributed by atoms with E-state index in [9.17, 15) is 14.4 Å². The average Bonchev–Trinajstić information content (AvgIpc) is 3.30. The Labute approximate surface area is 177 Å². The third kappa shape index (κ3) is 4.50. The molecule has 0 saturated heterocycles. The van der Waals surface area contributed by atoms with Crippen LogP contribution in [-0.2, 0) is 16.0 Å². The summed E-state index contributed by atoms with van der Waals surface area (Å²) in [5, 5.41) is 17.3. The van der Waals surface area contributed by atoms with Gasteiger partial charge >= 0.3 is 0 Å². The molecule has 2 aromatic carbocycles. The number of rotatable bonds is 6. The first-order chi connectivity index (χ1) is 15.0. The normalized spacial score (nSPS) is 11.8. The summed E-state index contributed by atoms with van der Waals surface area (Å²) in [5.41, 5.74) is 1.26. The molecular weight excluding hydrogens is 396 g/mol. The van der Waals surface area contributed by atoms with Gasteiger partial charge in [0.1, 0.15) is 6.04 Å². The van der Waals surface area contributed by atoms with E-state index in [2.05, 4.69) is 25.9 Å². The topological polar surface area (TPSA) is 122 Å². The quantitative estimate of drug-likeness (QED) is 0.446. The number of aromatic nitrogens is 4. The molecule has 0 radical (unpaired) electrons.